The molecule has 4 rings (SSSR count). The maximum atomic E-state index is 13.3. The summed E-state index contributed by atoms with van der Waals surface area (Å²) in [4.78, 5) is 13.0. The van der Waals surface area contributed by atoms with E-state index in [1.54, 1.807) is 66.7 Å². The zero-order valence-electron chi connectivity index (χ0n) is 18.7. The molecule has 0 bridgehead atoms. The molecule has 35 heavy (non-hydrogen) atoms. The molecule has 4 aromatic carbocycles. The van der Waals surface area contributed by atoms with Gasteiger partial charge in [0.05, 0.1) is 11.4 Å². The number of anilines is 1. The van der Waals surface area contributed by atoms with Crippen molar-refractivity contribution in [2.75, 3.05) is 11.9 Å². The molecule has 1 amide bonds. The van der Waals surface area contributed by atoms with Crippen molar-refractivity contribution in [2.24, 2.45) is 0 Å². The lowest BCUT2D eigenvalue weighted by molar-refractivity contribution is -0.116. The summed E-state index contributed by atoms with van der Waals surface area (Å²) in [6, 6.07) is 31.1. The number of amides is 1. The highest BCUT2D eigenvalue weighted by Crippen LogP contribution is 2.23. The summed E-state index contributed by atoms with van der Waals surface area (Å²) in [5, 5.41) is 3.31. The van der Waals surface area contributed by atoms with Gasteiger partial charge in [-0.2, -0.15) is 4.31 Å². The van der Waals surface area contributed by atoms with Crippen molar-refractivity contribution in [1.29, 1.82) is 0 Å². The molecule has 0 radical (unpaired) electrons. The minimum Gasteiger partial charge on any atom is -0.457 e. The molecule has 0 saturated heterocycles. The molecule has 0 aliphatic heterocycles. The van der Waals surface area contributed by atoms with Gasteiger partial charge in [0.15, 0.2) is 0 Å². The average molecular weight is 507 g/mol. The van der Waals surface area contributed by atoms with E-state index in [0.717, 1.165) is 4.31 Å². The van der Waals surface area contributed by atoms with Crippen LogP contribution in [0.25, 0.3) is 0 Å². The fraction of sp³-hybridized carbons (Fsp3) is 0.0741. The van der Waals surface area contributed by atoms with Crippen LogP contribution in [0, 0.1) is 0 Å². The quantitative estimate of drug-likeness (QED) is 0.304. The standard InChI is InChI=1S/C27H23ClN2O4S/c28-22-13-11-21(12-14-22)19-30(35(32,33)26-9-5-2-6-10-26)20-27(31)29-23-15-17-25(18-16-23)34-24-7-3-1-4-8-24/h1-18H,19-20H2,(H,29,31). The Morgan fingerprint density at radius 2 is 1.34 bits per heavy atom. The van der Waals surface area contributed by atoms with Gasteiger partial charge in [0.25, 0.3) is 0 Å². The van der Waals surface area contributed by atoms with Crippen molar-refractivity contribution in [3.05, 3.63) is 120 Å². The second-order valence-electron chi connectivity index (χ2n) is 7.70. The van der Waals surface area contributed by atoms with Gasteiger partial charge in [0.1, 0.15) is 11.5 Å². The first-order chi connectivity index (χ1) is 16.9. The number of nitrogens with one attached hydrogen (secondary N) is 1. The molecular formula is C27H23ClN2O4S. The van der Waals surface area contributed by atoms with Gasteiger partial charge in [-0.15, -0.1) is 0 Å². The van der Waals surface area contributed by atoms with Crippen molar-refractivity contribution in [3.63, 3.8) is 0 Å². The lowest BCUT2D eigenvalue weighted by atomic mass is 10.2. The predicted molar refractivity (Wildman–Crippen MR) is 137 cm³/mol. The van der Waals surface area contributed by atoms with Crippen molar-refractivity contribution in [1.82, 2.24) is 4.31 Å². The van der Waals surface area contributed by atoms with E-state index in [1.807, 2.05) is 30.3 Å². The highest BCUT2D eigenvalue weighted by molar-refractivity contribution is 7.89. The fourth-order valence-corrected chi connectivity index (χ4v) is 4.88. The topological polar surface area (TPSA) is 75.7 Å². The van der Waals surface area contributed by atoms with Crippen LogP contribution in [0.3, 0.4) is 0 Å². The number of benzene rings is 4. The van der Waals surface area contributed by atoms with E-state index in [0.29, 0.717) is 27.8 Å². The maximum Gasteiger partial charge on any atom is 0.243 e. The minimum atomic E-state index is -3.92. The van der Waals surface area contributed by atoms with Gasteiger partial charge in [-0.25, -0.2) is 8.42 Å². The van der Waals surface area contributed by atoms with E-state index >= 15 is 0 Å². The molecule has 0 atom stereocenters. The Morgan fingerprint density at radius 3 is 1.97 bits per heavy atom. The van der Waals surface area contributed by atoms with Crippen molar-refractivity contribution in [2.45, 2.75) is 11.4 Å². The first-order valence-corrected chi connectivity index (χ1v) is 12.6. The summed E-state index contributed by atoms with van der Waals surface area (Å²) >= 11 is 5.96. The molecule has 6 nitrogen and oxygen atoms in total. The first kappa shape index (κ1) is 24.5. The Hall–Kier alpha value is -3.65. The van der Waals surface area contributed by atoms with Crippen LogP contribution in [0.5, 0.6) is 11.5 Å². The van der Waals surface area contributed by atoms with Crippen LogP contribution in [-0.4, -0.2) is 25.2 Å². The summed E-state index contributed by atoms with van der Waals surface area (Å²) in [5.41, 5.74) is 1.24. The molecule has 0 unspecified atom stereocenters. The van der Waals surface area contributed by atoms with Crippen LogP contribution < -0.4 is 10.1 Å². The van der Waals surface area contributed by atoms with Crippen LogP contribution in [0.1, 0.15) is 5.56 Å². The van der Waals surface area contributed by atoms with Gasteiger partial charge >= 0.3 is 0 Å². The lowest BCUT2D eigenvalue weighted by Gasteiger charge is -2.22. The molecule has 0 saturated carbocycles. The monoisotopic (exact) mass is 506 g/mol. The summed E-state index contributed by atoms with van der Waals surface area (Å²) in [5.74, 6) is 0.855. The number of hydrogen-bond donors (Lipinski definition) is 1. The molecule has 0 aromatic heterocycles. The third-order valence-electron chi connectivity index (χ3n) is 5.09. The van der Waals surface area contributed by atoms with E-state index in [9.17, 15) is 13.2 Å². The number of nitrogens with zero attached hydrogens (tertiary/aromatic N) is 1. The predicted octanol–water partition coefficient (Wildman–Crippen LogP) is 5.96. The SMILES string of the molecule is O=C(CN(Cc1ccc(Cl)cc1)S(=O)(=O)c1ccccc1)Nc1ccc(Oc2ccccc2)cc1. The Bertz CT molecular complexity index is 1360. The molecule has 0 spiro atoms. The number of hydrogen-bond acceptors (Lipinski definition) is 4. The van der Waals surface area contributed by atoms with Crippen molar-refractivity contribution < 1.29 is 17.9 Å². The van der Waals surface area contributed by atoms with E-state index in [-0.39, 0.29) is 18.0 Å². The zero-order valence-corrected chi connectivity index (χ0v) is 20.2. The van der Waals surface area contributed by atoms with Gasteiger partial charge < -0.3 is 10.1 Å². The Labute approximate surface area is 209 Å². The number of para-hydroxylation sites is 1. The smallest absolute Gasteiger partial charge is 0.243 e. The highest BCUT2D eigenvalue weighted by Gasteiger charge is 2.27. The van der Waals surface area contributed by atoms with Gasteiger partial charge in [-0.3, -0.25) is 4.79 Å². The number of ether oxygens (including phenoxy) is 1. The largest absolute Gasteiger partial charge is 0.457 e. The Morgan fingerprint density at radius 1 is 0.771 bits per heavy atom. The van der Waals surface area contributed by atoms with E-state index in [4.69, 9.17) is 16.3 Å². The fourth-order valence-electron chi connectivity index (χ4n) is 3.35. The van der Waals surface area contributed by atoms with Gasteiger partial charge in [0.2, 0.25) is 15.9 Å². The Kier molecular flexibility index (Phi) is 7.82. The first-order valence-electron chi connectivity index (χ1n) is 10.8. The van der Waals surface area contributed by atoms with Crippen LogP contribution in [0.4, 0.5) is 5.69 Å². The molecule has 0 fully saturated rings. The maximum absolute atomic E-state index is 13.3. The van der Waals surface area contributed by atoms with Gasteiger partial charge in [0, 0.05) is 17.3 Å². The summed E-state index contributed by atoms with van der Waals surface area (Å²) in [6.45, 7) is -0.339. The van der Waals surface area contributed by atoms with Gasteiger partial charge in [-0.05, 0) is 66.2 Å². The van der Waals surface area contributed by atoms with Crippen LogP contribution in [0.2, 0.25) is 5.02 Å². The average Bonchev–Trinajstić information content (AvgIpc) is 2.87. The number of halogens is 1. The van der Waals surface area contributed by atoms with Crippen molar-refractivity contribution in [3.8, 4) is 11.5 Å². The van der Waals surface area contributed by atoms with Crippen LogP contribution in [0.15, 0.2) is 114 Å². The molecule has 178 valence electrons. The molecule has 1 N–H and O–H groups in total. The normalized spacial score (nSPS) is 11.3. The van der Waals surface area contributed by atoms with E-state index < -0.39 is 15.9 Å². The summed E-state index contributed by atoms with van der Waals surface area (Å²) in [6.07, 6.45) is 0. The molecule has 8 heteroatoms. The third kappa shape index (κ3) is 6.70. The second kappa shape index (κ2) is 11.2. The Balaban J connectivity index is 1.48. The number of carbonyl (C=O) groups is 1. The van der Waals surface area contributed by atoms with E-state index in [1.165, 1.54) is 12.1 Å². The van der Waals surface area contributed by atoms with Crippen LogP contribution in [-0.2, 0) is 21.4 Å². The number of carbonyl (C=O) groups excluding carboxylic acids is 1. The number of rotatable bonds is 9. The van der Waals surface area contributed by atoms with Gasteiger partial charge in [-0.1, -0.05) is 60.1 Å². The minimum absolute atomic E-state index is 0.0195. The number of sulfonamides is 1. The zero-order chi connectivity index (χ0) is 24.7. The van der Waals surface area contributed by atoms with E-state index in [2.05, 4.69) is 5.32 Å². The molecular weight excluding hydrogens is 484 g/mol. The highest BCUT2D eigenvalue weighted by atomic mass is 35.5. The summed E-state index contributed by atoms with van der Waals surface area (Å²) < 4.78 is 33.5. The van der Waals surface area contributed by atoms with Crippen LogP contribution >= 0.6 is 11.6 Å². The molecule has 4 aromatic rings. The summed E-state index contributed by atoms with van der Waals surface area (Å²) in [7, 11) is -3.92. The molecule has 0 aliphatic carbocycles. The third-order valence-corrected chi connectivity index (χ3v) is 7.15. The molecule has 0 heterocycles. The molecule has 0 aliphatic rings. The van der Waals surface area contributed by atoms with Crippen molar-refractivity contribution >= 4 is 33.2 Å². The second-order valence-corrected chi connectivity index (χ2v) is 10.1. The lowest BCUT2D eigenvalue weighted by Crippen LogP contribution is -2.37.